The van der Waals surface area contributed by atoms with E-state index in [1.54, 1.807) is 0 Å². The van der Waals surface area contributed by atoms with Gasteiger partial charge in [-0.25, -0.2) is 0 Å². The molecule has 4 heteroatoms. The van der Waals surface area contributed by atoms with Crippen molar-refractivity contribution < 1.29 is 0 Å². The summed E-state index contributed by atoms with van der Waals surface area (Å²) in [5.41, 5.74) is 1.92. The fourth-order valence-electron chi connectivity index (χ4n) is 2.73. The first-order valence-corrected chi connectivity index (χ1v) is 7.41. The molecule has 1 aromatic heterocycles. The molecule has 0 radical (unpaired) electrons. The Morgan fingerprint density at radius 3 is 2.63 bits per heavy atom. The second kappa shape index (κ2) is 5.75. The summed E-state index contributed by atoms with van der Waals surface area (Å²) >= 11 is 0. The number of hydrogen-bond donors (Lipinski definition) is 1. The average Bonchev–Trinajstić information content (AvgIpc) is 3.20. The monoisotopic (exact) mass is 260 g/mol. The second-order valence-electron chi connectivity index (χ2n) is 5.38. The number of nitriles is 1. The highest BCUT2D eigenvalue weighted by Gasteiger charge is 2.46. The molecule has 0 spiro atoms. The maximum atomic E-state index is 9.65. The van der Waals surface area contributed by atoms with Crippen molar-refractivity contribution in [2.75, 3.05) is 6.54 Å². The molecule has 1 aliphatic rings. The van der Waals surface area contributed by atoms with Crippen LogP contribution in [0.2, 0.25) is 0 Å². The Labute approximate surface area is 115 Å². The van der Waals surface area contributed by atoms with Gasteiger partial charge < -0.3 is 0 Å². The molecule has 1 unspecified atom stereocenters. The molecule has 1 fully saturated rings. The van der Waals surface area contributed by atoms with Gasteiger partial charge in [-0.15, -0.1) is 0 Å². The highest BCUT2D eigenvalue weighted by atomic mass is 15.3. The van der Waals surface area contributed by atoms with Crippen molar-refractivity contribution in [3.05, 3.63) is 17.5 Å². The highest BCUT2D eigenvalue weighted by Crippen LogP contribution is 2.40. The molecule has 0 bridgehead atoms. The molecule has 0 amide bonds. The van der Waals surface area contributed by atoms with E-state index in [2.05, 4.69) is 43.3 Å². The van der Waals surface area contributed by atoms with Crippen molar-refractivity contribution in [3.8, 4) is 6.07 Å². The van der Waals surface area contributed by atoms with Gasteiger partial charge in [0.2, 0.25) is 0 Å². The predicted octanol–water partition coefficient (Wildman–Crippen LogP) is 2.29. The van der Waals surface area contributed by atoms with Crippen molar-refractivity contribution in [1.82, 2.24) is 15.1 Å². The van der Waals surface area contributed by atoms with Crippen LogP contribution in [0.3, 0.4) is 0 Å². The maximum Gasteiger partial charge on any atom is 0.129 e. The van der Waals surface area contributed by atoms with Crippen LogP contribution in [0.15, 0.2) is 6.07 Å². The van der Waals surface area contributed by atoms with E-state index >= 15 is 0 Å². The summed E-state index contributed by atoms with van der Waals surface area (Å²) < 4.78 is 2.04. The van der Waals surface area contributed by atoms with Crippen molar-refractivity contribution in [1.29, 1.82) is 5.26 Å². The number of aryl methyl sites for hydroxylation is 2. The number of nitrogens with one attached hydrogen (secondary N) is 1. The zero-order valence-corrected chi connectivity index (χ0v) is 12.2. The highest BCUT2D eigenvalue weighted by molar-refractivity contribution is 5.18. The van der Waals surface area contributed by atoms with Gasteiger partial charge >= 0.3 is 0 Å². The normalized spacial score (nSPS) is 18.0. The summed E-state index contributed by atoms with van der Waals surface area (Å²) in [7, 11) is 0. The first kappa shape index (κ1) is 14.1. The quantitative estimate of drug-likeness (QED) is 0.818. The van der Waals surface area contributed by atoms with Gasteiger partial charge in [-0.05, 0) is 44.2 Å². The number of hydrogen-bond acceptors (Lipinski definition) is 3. The lowest BCUT2D eigenvalue weighted by Crippen LogP contribution is -2.50. The molecule has 4 nitrogen and oxygen atoms in total. The van der Waals surface area contributed by atoms with E-state index < -0.39 is 5.54 Å². The van der Waals surface area contributed by atoms with Crippen molar-refractivity contribution in [2.45, 2.75) is 58.5 Å². The third-order valence-corrected chi connectivity index (χ3v) is 4.00. The SMILES string of the molecule is CCNC(C#N)(Cn1nc(CC)cc1CC)C1CC1. The minimum Gasteiger partial charge on any atom is -0.298 e. The minimum atomic E-state index is -0.435. The predicted molar refractivity (Wildman–Crippen MR) is 75.7 cm³/mol. The Kier molecular flexibility index (Phi) is 4.26. The number of likely N-dealkylation sites (N-methyl/N-ethyl adjacent to an activating group) is 1. The molecule has 1 N–H and O–H groups in total. The second-order valence-corrected chi connectivity index (χ2v) is 5.38. The Hall–Kier alpha value is -1.34. The summed E-state index contributed by atoms with van der Waals surface area (Å²) in [6.07, 6.45) is 4.23. The van der Waals surface area contributed by atoms with Gasteiger partial charge in [-0.1, -0.05) is 20.8 Å². The van der Waals surface area contributed by atoms with Crippen LogP contribution < -0.4 is 5.32 Å². The Morgan fingerprint density at radius 2 is 2.16 bits per heavy atom. The molecular formula is C15H24N4. The lowest BCUT2D eigenvalue weighted by molar-refractivity contribution is 0.306. The topological polar surface area (TPSA) is 53.6 Å². The molecule has 0 aliphatic heterocycles. The molecule has 1 aliphatic carbocycles. The van der Waals surface area contributed by atoms with Crippen LogP contribution in [-0.2, 0) is 19.4 Å². The first-order valence-electron chi connectivity index (χ1n) is 7.41. The third-order valence-electron chi connectivity index (χ3n) is 4.00. The van der Waals surface area contributed by atoms with E-state index in [0.717, 1.165) is 37.9 Å². The summed E-state index contributed by atoms with van der Waals surface area (Å²) in [6.45, 7) is 7.83. The Morgan fingerprint density at radius 1 is 1.42 bits per heavy atom. The number of aromatic nitrogens is 2. The van der Waals surface area contributed by atoms with Crippen LogP contribution in [0.4, 0.5) is 0 Å². The molecule has 1 heterocycles. The zero-order valence-electron chi connectivity index (χ0n) is 12.2. The third kappa shape index (κ3) is 2.82. The molecule has 1 aromatic rings. The first-order chi connectivity index (χ1) is 9.19. The Balaban J connectivity index is 2.26. The van der Waals surface area contributed by atoms with Crippen LogP contribution in [-0.4, -0.2) is 21.9 Å². The molecule has 0 aromatic carbocycles. The summed E-state index contributed by atoms with van der Waals surface area (Å²) in [4.78, 5) is 0. The van der Waals surface area contributed by atoms with Crippen molar-refractivity contribution in [3.63, 3.8) is 0 Å². The van der Waals surface area contributed by atoms with Gasteiger partial charge in [0.1, 0.15) is 5.54 Å². The van der Waals surface area contributed by atoms with E-state index in [-0.39, 0.29) is 0 Å². The zero-order chi connectivity index (χ0) is 13.9. The summed E-state index contributed by atoms with van der Waals surface area (Å²) in [6, 6.07) is 4.70. The van der Waals surface area contributed by atoms with Gasteiger partial charge in [0, 0.05) is 5.69 Å². The molecule has 0 saturated heterocycles. The summed E-state index contributed by atoms with van der Waals surface area (Å²) in [5, 5.41) is 17.7. The van der Waals surface area contributed by atoms with Crippen LogP contribution in [0.25, 0.3) is 0 Å². The summed E-state index contributed by atoms with van der Waals surface area (Å²) in [5.74, 6) is 0.483. The van der Waals surface area contributed by atoms with Gasteiger partial charge in [0.05, 0.1) is 18.3 Å². The van der Waals surface area contributed by atoms with Gasteiger partial charge in [0.15, 0.2) is 0 Å². The number of rotatable bonds is 7. The van der Waals surface area contributed by atoms with Crippen LogP contribution in [0.5, 0.6) is 0 Å². The van der Waals surface area contributed by atoms with Crippen LogP contribution in [0, 0.1) is 17.2 Å². The lowest BCUT2D eigenvalue weighted by Gasteiger charge is -2.28. The van der Waals surface area contributed by atoms with E-state index in [1.165, 1.54) is 5.69 Å². The molecular weight excluding hydrogens is 236 g/mol. The smallest absolute Gasteiger partial charge is 0.129 e. The number of nitrogens with zero attached hydrogens (tertiary/aromatic N) is 3. The van der Waals surface area contributed by atoms with E-state index in [0.29, 0.717) is 12.5 Å². The fourth-order valence-corrected chi connectivity index (χ4v) is 2.73. The molecule has 1 atom stereocenters. The van der Waals surface area contributed by atoms with Crippen molar-refractivity contribution >= 4 is 0 Å². The van der Waals surface area contributed by atoms with Gasteiger partial charge in [-0.3, -0.25) is 10.00 Å². The average molecular weight is 260 g/mol. The molecule has 1 saturated carbocycles. The van der Waals surface area contributed by atoms with Gasteiger partial charge in [0.25, 0.3) is 0 Å². The maximum absolute atomic E-state index is 9.65. The van der Waals surface area contributed by atoms with E-state index in [9.17, 15) is 5.26 Å². The largest absolute Gasteiger partial charge is 0.298 e. The fraction of sp³-hybridized carbons (Fsp3) is 0.733. The van der Waals surface area contributed by atoms with Crippen LogP contribution in [0.1, 0.15) is 45.0 Å². The van der Waals surface area contributed by atoms with E-state index in [4.69, 9.17) is 0 Å². The Bertz CT molecular complexity index is 467. The standard InChI is InChI=1S/C15H24N4/c1-4-13-9-14(5-2)19(18-13)11-15(10-16,17-6-3)12-7-8-12/h9,12,17H,4-8,11H2,1-3H3. The molecule has 19 heavy (non-hydrogen) atoms. The molecule has 2 rings (SSSR count). The minimum absolute atomic E-state index is 0.435. The van der Waals surface area contributed by atoms with Crippen LogP contribution >= 0.6 is 0 Å². The lowest BCUT2D eigenvalue weighted by atomic mass is 9.94. The van der Waals surface area contributed by atoms with Crippen molar-refractivity contribution in [2.24, 2.45) is 5.92 Å². The molecule has 104 valence electrons. The van der Waals surface area contributed by atoms with Gasteiger partial charge in [-0.2, -0.15) is 10.4 Å². The van der Waals surface area contributed by atoms with E-state index in [1.807, 2.05) is 4.68 Å².